The minimum absolute atomic E-state index is 0.218. The average molecular weight is 323 g/mol. The highest BCUT2D eigenvalue weighted by molar-refractivity contribution is 6.74. The van der Waals surface area contributed by atoms with Gasteiger partial charge in [0.1, 0.15) is 6.10 Å². The Bertz CT molecular complexity index is 480. The van der Waals surface area contributed by atoms with Gasteiger partial charge < -0.3 is 14.5 Å². The van der Waals surface area contributed by atoms with E-state index in [-0.39, 0.29) is 11.1 Å². The van der Waals surface area contributed by atoms with Gasteiger partial charge >= 0.3 is 0 Å². The number of nitrogens with one attached hydrogen (secondary N) is 1. The number of aromatic nitrogens is 1. The van der Waals surface area contributed by atoms with Gasteiger partial charge in [-0.05, 0) is 50.1 Å². The lowest BCUT2D eigenvalue weighted by molar-refractivity contribution is 0.154. The van der Waals surface area contributed by atoms with Crippen LogP contribution in [0.2, 0.25) is 18.1 Å². The van der Waals surface area contributed by atoms with E-state index in [1.165, 1.54) is 0 Å². The number of hydrogen-bond donors (Lipinski definition) is 1. The molecule has 2 rings (SSSR count). The maximum Gasteiger partial charge on any atom is 0.213 e. The Hall–Kier alpha value is -0.913. The highest BCUT2D eigenvalue weighted by Crippen LogP contribution is 2.37. The third-order valence-corrected chi connectivity index (χ3v) is 9.22. The molecule has 1 aromatic heterocycles. The molecule has 0 radical (unpaired) electrons. The Morgan fingerprint density at radius 1 is 1.23 bits per heavy atom. The fourth-order valence-corrected chi connectivity index (χ4v) is 3.10. The van der Waals surface area contributed by atoms with Crippen LogP contribution in [0.4, 0.5) is 0 Å². The van der Waals surface area contributed by atoms with E-state index in [1.54, 1.807) is 0 Å². The number of piperidine rings is 1. The Labute approximate surface area is 135 Å². The summed E-state index contributed by atoms with van der Waals surface area (Å²) < 4.78 is 12.2. The van der Waals surface area contributed by atoms with E-state index in [0.717, 1.165) is 37.5 Å². The standard InChI is InChI=1S/C17H30N2O2Si/c1-17(2,3)22(4,5)20-13-14-7-6-8-16(19-14)21-15-9-11-18-12-10-15/h6-8,15,18H,9-13H2,1-5H3. The van der Waals surface area contributed by atoms with Crippen LogP contribution >= 0.6 is 0 Å². The zero-order valence-electron chi connectivity index (χ0n) is 14.6. The second kappa shape index (κ2) is 7.11. The second-order valence-electron chi connectivity index (χ2n) is 7.58. The van der Waals surface area contributed by atoms with Crippen LogP contribution in [0, 0.1) is 0 Å². The Kier molecular flexibility index (Phi) is 5.63. The Balaban J connectivity index is 1.93. The third kappa shape index (κ3) is 4.79. The molecule has 0 bridgehead atoms. The Morgan fingerprint density at radius 3 is 2.55 bits per heavy atom. The summed E-state index contributed by atoms with van der Waals surface area (Å²) in [4.78, 5) is 4.61. The largest absolute Gasteiger partial charge is 0.474 e. The first kappa shape index (κ1) is 17.4. The lowest BCUT2D eigenvalue weighted by Crippen LogP contribution is -2.40. The molecule has 2 heterocycles. The van der Waals surface area contributed by atoms with Gasteiger partial charge in [0.25, 0.3) is 0 Å². The van der Waals surface area contributed by atoms with Gasteiger partial charge in [0.2, 0.25) is 5.88 Å². The van der Waals surface area contributed by atoms with Crippen LogP contribution < -0.4 is 10.1 Å². The van der Waals surface area contributed by atoms with Gasteiger partial charge in [-0.1, -0.05) is 26.8 Å². The van der Waals surface area contributed by atoms with Crippen LogP contribution in [0.15, 0.2) is 18.2 Å². The molecule has 4 nitrogen and oxygen atoms in total. The molecule has 1 fully saturated rings. The SMILES string of the molecule is CC(C)(C)[Si](C)(C)OCc1cccc(OC2CCNCC2)n1. The van der Waals surface area contributed by atoms with Crippen LogP contribution in [0.3, 0.4) is 0 Å². The number of hydrogen-bond acceptors (Lipinski definition) is 4. The van der Waals surface area contributed by atoms with Crippen LogP contribution in [0.25, 0.3) is 0 Å². The topological polar surface area (TPSA) is 43.4 Å². The Morgan fingerprint density at radius 2 is 1.91 bits per heavy atom. The highest BCUT2D eigenvalue weighted by Gasteiger charge is 2.37. The van der Waals surface area contributed by atoms with Crippen molar-refractivity contribution in [3.63, 3.8) is 0 Å². The van der Waals surface area contributed by atoms with Crippen LogP contribution in [-0.4, -0.2) is 32.5 Å². The van der Waals surface area contributed by atoms with E-state index in [4.69, 9.17) is 9.16 Å². The monoisotopic (exact) mass is 322 g/mol. The zero-order valence-corrected chi connectivity index (χ0v) is 15.6. The van der Waals surface area contributed by atoms with Gasteiger partial charge in [-0.15, -0.1) is 0 Å². The molecular weight excluding hydrogens is 292 g/mol. The summed E-state index contributed by atoms with van der Waals surface area (Å²) in [6.45, 7) is 13.9. The lowest BCUT2D eigenvalue weighted by Gasteiger charge is -2.36. The normalized spacial score (nSPS) is 17.5. The minimum atomic E-state index is -1.74. The van der Waals surface area contributed by atoms with Crippen molar-refractivity contribution in [3.05, 3.63) is 23.9 Å². The number of nitrogens with zero attached hydrogens (tertiary/aromatic N) is 1. The highest BCUT2D eigenvalue weighted by atomic mass is 28.4. The van der Waals surface area contributed by atoms with Crippen molar-refractivity contribution in [1.82, 2.24) is 10.3 Å². The zero-order chi connectivity index (χ0) is 16.2. The van der Waals surface area contributed by atoms with Crippen molar-refractivity contribution in [2.24, 2.45) is 0 Å². The van der Waals surface area contributed by atoms with E-state index in [2.05, 4.69) is 44.2 Å². The summed E-state index contributed by atoms with van der Waals surface area (Å²) in [5.41, 5.74) is 0.955. The maximum absolute atomic E-state index is 6.24. The molecule has 1 saturated heterocycles. The molecule has 0 saturated carbocycles. The molecular formula is C17H30N2O2Si. The molecule has 124 valence electrons. The predicted molar refractivity (Wildman–Crippen MR) is 92.7 cm³/mol. The summed E-state index contributed by atoms with van der Waals surface area (Å²) in [5, 5.41) is 3.57. The molecule has 1 aliphatic rings. The fourth-order valence-electron chi connectivity index (χ4n) is 2.16. The summed E-state index contributed by atoms with van der Waals surface area (Å²) in [6, 6.07) is 5.97. The second-order valence-corrected chi connectivity index (χ2v) is 12.4. The molecule has 1 aromatic rings. The van der Waals surface area contributed by atoms with Crippen LogP contribution in [0.5, 0.6) is 5.88 Å². The maximum atomic E-state index is 6.24. The van der Waals surface area contributed by atoms with Crippen LogP contribution in [0.1, 0.15) is 39.3 Å². The predicted octanol–water partition coefficient (Wildman–Crippen LogP) is 3.73. The molecule has 0 amide bonds. The van der Waals surface area contributed by atoms with Gasteiger partial charge in [0.05, 0.1) is 12.3 Å². The molecule has 0 spiro atoms. The molecule has 0 aliphatic carbocycles. The minimum Gasteiger partial charge on any atom is -0.474 e. The van der Waals surface area contributed by atoms with Gasteiger partial charge in [-0.25, -0.2) is 4.98 Å². The van der Waals surface area contributed by atoms with Crippen molar-refractivity contribution in [3.8, 4) is 5.88 Å². The first-order chi connectivity index (χ1) is 10.3. The molecule has 0 atom stereocenters. The van der Waals surface area contributed by atoms with Crippen molar-refractivity contribution in [2.75, 3.05) is 13.1 Å². The summed E-state index contributed by atoms with van der Waals surface area (Å²) in [7, 11) is -1.74. The first-order valence-electron chi connectivity index (χ1n) is 8.25. The molecule has 0 aromatic carbocycles. The number of ether oxygens (including phenoxy) is 1. The van der Waals surface area contributed by atoms with Crippen molar-refractivity contribution < 1.29 is 9.16 Å². The molecule has 0 unspecified atom stereocenters. The lowest BCUT2D eigenvalue weighted by atomic mass is 10.1. The van der Waals surface area contributed by atoms with Crippen molar-refractivity contribution >= 4 is 8.32 Å². The van der Waals surface area contributed by atoms with Gasteiger partial charge in [-0.2, -0.15) is 0 Å². The van der Waals surface area contributed by atoms with E-state index >= 15 is 0 Å². The fraction of sp³-hybridized carbons (Fsp3) is 0.706. The quantitative estimate of drug-likeness (QED) is 0.839. The molecule has 1 N–H and O–H groups in total. The van der Waals surface area contributed by atoms with E-state index in [9.17, 15) is 0 Å². The number of rotatable bonds is 5. The van der Waals surface area contributed by atoms with E-state index in [1.807, 2.05) is 18.2 Å². The summed E-state index contributed by atoms with van der Waals surface area (Å²) in [5.74, 6) is 0.725. The van der Waals surface area contributed by atoms with Gasteiger partial charge in [0, 0.05) is 6.07 Å². The third-order valence-electron chi connectivity index (χ3n) is 4.74. The van der Waals surface area contributed by atoms with Crippen LogP contribution in [-0.2, 0) is 11.0 Å². The van der Waals surface area contributed by atoms with E-state index in [0.29, 0.717) is 6.61 Å². The van der Waals surface area contributed by atoms with Gasteiger partial charge in [0.15, 0.2) is 8.32 Å². The summed E-state index contributed by atoms with van der Waals surface area (Å²) >= 11 is 0. The van der Waals surface area contributed by atoms with Crippen molar-refractivity contribution in [2.45, 2.75) is 64.5 Å². The smallest absolute Gasteiger partial charge is 0.213 e. The van der Waals surface area contributed by atoms with E-state index < -0.39 is 8.32 Å². The number of pyridine rings is 1. The molecule has 5 heteroatoms. The van der Waals surface area contributed by atoms with Crippen molar-refractivity contribution in [1.29, 1.82) is 0 Å². The molecule has 1 aliphatic heterocycles. The average Bonchev–Trinajstić information content (AvgIpc) is 2.46. The summed E-state index contributed by atoms with van der Waals surface area (Å²) in [6.07, 6.45) is 2.38. The molecule has 22 heavy (non-hydrogen) atoms. The first-order valence-corrected chi connectivity index (χ1v) is 11.2. The van der Waals surface area contributed by atoms with Gasteiger partial charge in [-0.3, -0.25) is 0 Å².